The van der Waals surface area contributed by atoms with Gasteiger partial charge in [0.05, 0.1) is 18.6 Å². The molecule has 1 aromatic carbocycles. The van der Waals surface area contributed by atoms with Gasteiger partial charge in [-0.1, -0.05) is 6.07 Å². The summed E-state index contributed by atoms with van der Waals surface area (Å²) >= 11 is 1.74. The van der Waals surface area contributed by atoms with E-state index < -0.39 is 0 Å². The van der Waals surface area contributed by atoms with Gasteiger partial charge in [-0.2, -0.15) is 0 Å². The molecule has 0 saturated carbocycles. The molecule has 2 aromatic rings. The van der Waals surface area contributed by atoms with E-state index in [2.05, 4.69) is 27.7 Å². The van der Waals surface area contributed by atoms with Gasteiger partial charge in [-0.25, -0.2) is 0 Å². The lowest BCUT2D eigenvalue weighted by molar-refractivity contribution is -0.126. The number of likely N-dealkylation sites (tertiary alicyclic amines) is 1. The summed E-state index contributed by atoms with van der Waals surface area (Å²) in [5, 5.41) is 5.22. The average molecular weight is 428 g/mol. The second kappa shape index (κ2) is 9.62. The van der Waals surface area contributed by atoms with E-state index >= 15 is 0 Å². The van der Waals surface area contributed by atoms with E-state index in [1.807, 2.05) is 31.2 Å². The van der Waals surface area contributed by atoms with Crippen molar-refractivity contribution in [2.24, 2.45) is 5.92 Å². The second-order valence-electron chi connectivity index (χ2n) is 7.85. The Balaban J connectivity index is 1.36. The number of amides is 2. The van der Waals surface area contributed by atoms with Crippen LogP contribution in [0.4, 0.5) is 5.69 Å². The molecule has 2 aliphatic heterocycles. The fourth-order valence-electron chi connectivity index (χ4n) is 4.31. The summed E-state index contributed by atoms with van der Waals surface area (Å²) in [5.74, 6) is 0.432. The third kappa shape index (κ3) is 4.68. The van der Waals surface area contributed by atoms with Crippen molar-refractivity contribution < 1.29 is 14.3 Å². The topological polar surface area (TPSA) is 61.9 Å². The summed E-state index contributed by atoms with van der Waals surface area (Å²) < 4.78 is 5.47. The van der Waals surface area contributed by atoms with Crippen molar-refractivity contribution in [2.45, 2.75) is 32.2 Å². The number of thiophene rings is 1. The lowest BCUT2D eigenvalue weighted by Crippen LogP contribution is -2.39. The number of carbonyl (C=O) groups excluding carboxylic acids is 2. The van der Waals surface area contributed by atoms with Gasteiger partial charge in [0.1, 0.15) is 5.75 Å². The number of nitrogens with zero attached hydrogens (tertiary/aromatic N) is 2. The number of hydrogen-bond acceptors (Lipinski definition) is 5. The molecule has 1 aromatic heterocycles. The summed E-state index contributed by atoms with van der Waals surface area (Å²) in [7, 11) is 0. The highest BCUT2D eigenvalue weighted by Crippen LogP contribution is 2.29. The minimum absolute atomic E-state index is 0.00587. The third-order valence-corrected chi connectivity index (χ3v) is 6.85. The van der Waals surface area contributed by atoms with E-state index in [-0.39, 0.29) is 30.2 Å². The Labute approximate surface area is 181 Å². The summed E-state index contributed by atoms with van der Waals surface area (Å²) in [6.45, 7) is 5.71. The first-order valence-electron chi connectivity index (χ1n) is 10.7. The summed E-state index contributed by atoms with van der Waals surface area (Å²) in [6, 6.07) is 11.9. The molecule has 160 valence electrons. The molecule has 0 bridgehead atoms. The molecule has 2 saturated heterocycles. The Morgan fingerprint density at radius 1 is 1.23 bits per heavy atom. The molecule has 0 spiro atoms. The Hall–Kier alpha value is -2.38. The molecule has 0 aliphatic carbocycles. The molecule has 2 amide bonds. The lowest BCUT2D eigenvalue weighted by Gasteiger charge is -2.27. The standard InChI is InChI=1S/C23H29N3O3S/c1-2-29-19-9-7-18(8-10-19)26-16-17(14-22(26)27)23(28)24-15-20(21-6-5-13-30-21)25-11-3-4-12-25/h5-10,13,17,20H,2-4,11-12,14-16H2,1H3,(H,24,28). The van der Waals surface area contributed by atoms with Crippen molar-refractivity contribution in [1.82, 2.24) is 10.2 Å². The minimum atomic E-state index is -0.313. The van der Waals surface area contributed by atoms with Gasteiger partial charge in [0.15, 0.2) is 0 Å². The Morgan fingerprint density at radius 3 is 2.67 bits per heavy atom. The molecule has 1 N–H and O–H groups in total. The number of rotatable bonds is 8. The summed E-state index contributed by atoms with van der Waals surface area (Å²) in [4.78, 5) is 30.9. The van der Waals surface area contributed by atoms with Crippen LogP contribution in [0.2, 0.25) is 0 Å². The lowest BCUT2D eigenvalue weighted by atomic mass is 10.1. The maximum atomic E-state index is 12.9. The van der Waals surface area contributed by atoms with Gasteiger partial charge >= 0.3 is 0 Å². The molecule has 30 heavy (non-hydrogen) atoms. The Morgan fingerprint density at radius 2 is 2.00 bits per heavy atom. The highest BCUT2D eigenvalue weighted by Gasteiger charge is 2.35. The van der Waals surface area contributed by atoms with Crippen molar-refractivity contribution >= 4 is 28.8 Å². The first-order valence-corrected chi connectivity index (χ1v) is 11.6. The first-order chi connectivity index (χ1) is 14.7. The van der Waals surface area contributed by atoms with Gasteiger partial charge in [-0.3, -0.25) is 14.5 Å². The van der Waals surface area contributed by atoms with Crippen LogP contribution < -0.4 is 15.0 Å². The predicted octanol–water partition coefficient (Wildman–Crippen LogP) is 3.45. The van der Waals surface area contributed by atoms with Crippen LogP contribution in [0, 0.1) is 5.92 Å². The fourth-order valence-corrected chi connectivity index (χ4v) is 5.17. The highest BCUT2D eigenvalue weighted by molar-refractivity contribution is 7.10. The van der Waals surface area contributed by atoms with Crippen molar-refractivity contribution in [3.05, 3.63) is 46.7 Å². The summed E-state index contributed by atoms with van der Waals surface area (Å²) in [5.41, 5.74) is 0.812. The Bertz CT molecular complexity index is 847. The largest absolute Gasteiger partial charge is 0.494 e. The zero-order chi connectivity index (χ0) is 20.9. The smallest absolute Gasteiger partial charge is 0.227 e. The zero-order valence-corrected chi connectivity index (χ0v) is 18.2. The van der Waals surface area contributed by atoms with Gasteiger partial charge in [-0.15, -0.1) is 11.3 Å². The number of nitrogens with one attached hydrogen (secondary N) is 1. The van der Waals surface area contributed by atoms with E-state index in [1.165, 1.54) is 17.7 Å². The van der Waals surface area contributed by atoms with Crippen LogP contribution in [-0.4, -0.2) is 49.5 Å². The fraction of sp³-hybridized carbons (Fsp3) is 0.478. The normalized spacial score (nSPS) is 20.5. The van der Waals surface area contributed by atoms with Crippen LogP contribution in [0.25, 0.3) is 0 Å². The van der Waals surface area contributed by atoms with E-state index in [9.17, 15) is 9.59 Å². The SMILES string of the molecule is CCOc1ccc(N2CC(C(=O)NCC(c3cccs3)N3CCCC3)CC2=O)cc1. The van der Waals surface area contributed by atoms with Crippen LogP contribution in [0.15, 0.2) is 41.8 Å². The minimum Gasteiger partial charge on any atom is -0.494 e. The summed E-state index contributed by atoms with van der Waals surface area (Å²) in [6.07, 6.45) is 2.68. The van der Waals surface area contributed by atoms with Crippen molar-refractivity contribution in [1.29, 1.82) is 0 Å². The predicted molar refractivity (Wildman–Crippen MR) is 119 cm³/mol. The van der Waals surface area contributed by atoms with Crippen LogP contribution in [0.1, 0.15) is 37.1 Å². The van der Waals surface area contributed by atoms with Gasteiger partial charge in [0, 0.05) is 30.1 Å². The van der Waals surface area contributed by atoms with Gasteiger partial charge in [0.2, 0.25) is 11.8 Å². The quantitative estimate of drug-likeness (QED) is 0.701. The van der Waals surface area contributed by atoms with Gasteiger partial charge in [-0.05, 0) is 68.6 Å². The second-order valence-corrected chi connectivity index (χ2v) is 8.83. The zero-order valence-electron chi connectivity index (χ0n) is 17.4. The van der Waals surface area contributed by atoms with Gasteiger partial charge < -0.3 is 15.0 Å². The molecular weight excluding hydrogens is 398 g/mol. The van der Waals surface area contributed by atoms with E-state index in [0.29, 0.717) is 19.7 Å². The van der Waals surface area contributed by atoms with Crippen LogP contribution >= 0.6 is 11.3 Å². The van der Waals surface area contributed by atoms with E-state index in [0.717, 1.165) is 24.5 Å². The number of ether oxygens (including phenoxy) is 1. The molecule has 4 rings (SSSR count). The number of anilines is 1. The molecule has 2 aliphatic rings. The number of carbonyl (C=O) groups is 2. The maximum Gasteiger partial charge on any atom is 0.227 e. The van der Waals surface area contributed by atoms with Crippen molar-refractivity contribution in [3.8, 4) is 5.75 Å². The molecule has 3 heterocycles. The molecule has 2 unspecified atom stereocenters. The molecule has 2 fully saturated rings. The molecular formula is C23H29N3O3S. The third-order valence-electron chi connectivity index (χ3n) is 5.88. The van der Waals surface area contributed by atoms with E-state index in [1.54, 1.807) is 16.2 Å². The number of hydrogen-bond donors (Lipinski definition) is 1. The number of benzene rings is 1. The average Bonchev–Trinajstić information content (AvgIpc) is 3.52. The Kier molecular flexibility index (Phi) is 6.69. The first kappa shape index (κ1) is 20.9. The van der Waals surface area contributed by atoms with Gasteiger partial charge in [0.25, 0.3) is 0 Å². The monoisotopic (exact) mass is 427 g/mol. The van der Waals surface area contributed by atoms with Crippen LogP contribution in [0.3, 0.4) is 0 Å². The van der Waals surface area contributed by atoms with Crippen molar-refractivity contribution in [3.63, 3.8) is 0 Å². The van der Waals surface area contributed by atoms with Crippen molar-refractivity contribution in [2.75, 3.05) is 37.7 Å². The van der Waals surface area contributed by atoms with E-state index in [4.69, 9.17) is 4.74 Å². The molecule has 0 radical (unpaired) electrons. The molecule has 2 atom stereocenters. The van der Waals surface area contributed by atoms with Crippen LogP contribution in [0.5, 0.6) is 5.75 Å². The molecule has 6 nitrogen and oxygen atoms in total. The molecule has 7 heteroatoms. The van der Waals surface area contributed by atoms with Crippen LogP contribution in [-0.2, 0) is 9.59 Å². The maximum absolute atomic E-state index is 12.9. The highest BCUT2D eigenvalue weighted by atomic mass is 32.1.